The molecule has 0 N–H and O–H groups in total. The lowest BCUT2D eigenvalue weighted by molar-refractivity contribution is 0.0503. The molecule has 1 aliphatic heterocycles. The van der Waals surface area contributed by atoms with Crippen molar-refractivity contribution in [3.63, 3.8) is 0 Å². The van der Waals surface area contributed by atoms with Crippen LogP contribution in [0, 0.1) is 0 Å². The van der Waals surface area contributed by atoms with Crippen molar-refractivity contribution in [3.8, 4) is 11.5 Å². The topological polar surface area (TPSA) is 18.5 Å². The molecule has 0 atom stereocenters. The highest BCUT2D eigenvalue weighted by Crippen LogP contribution is 2.34. The lowest BCUT2D eigenvalue weighted by Gasteiger charge is -2.08. The van der Waals surface area contributed by atoms with Crippen molar-refractivity contribution in [2.24, 2.45) is 0 Å². The van der Waals surface area contributed by atoms with Gasteiger partial charge in [-0.2, -0.15) is 11.3 Å². The van der Waals surface area contributed by atoms with Gasteiger partial charge in [0.2, 0.25) is 6.29 Å². The zero-order valence-corrected chi connectivity index (χ0v) is 8.87. The molecule has 0 amide bonds. The lowest BCUT2D eigenvalue weighted by Crippen LogP contribution is -2.20. The molecule has 0 spiro atoms. The molecule has 0 unspecified atom stereocenters. The van der Waals surface area contributed by atoms with Gasteiger partial charge in [-0.25, -0.2) is 0 Å². The van der Waals surface area contributed by atoms with Crippen LogP contribution in [0.1, 0.15) is 5.56 Å². The Morgan fingerprint density at radius 2 is 1.80 bits per heavy atom. The van der Waals surface area contributed by atoms with Crippen LogP contribution in [-0.4, -0.2) is 6.29 Å². The highest BCUT2D eigenvalue weighted by atomic mass is 32.1. The Bertz CT molecular complexity index is 423. The molecule has 1 aliphatic rings. The van der Waals surface area contributed by atoms with E-state index in [1.54, 1.807) is 11.3 Å². The standard InChI is InChI=1S/C12H10O2S/c1-2-4-11-10(3-1)13-12(14-11)7-9-5-6-15-8-9/h1-6,8,12H,7H2. The minimum absolute atomic E-state index is 0.169. The van der Waals surface area contributed by atoms with Gasteiger partial charge in [0, 0.05) is 6.42 Å². The zero-order chi connectivity index (χ0) is 10.1. The summed E-state index contributed by atoms with van der Waals surface area (Å²) in [5, 5.41) is 4.19. The van der Waals surface area contributed by atoms with Crippen molar-refractivity contribution in [2.75, 3.05) is 0 Å². The highest BCUT2D eigenvalue weighted by molar-refractivity contribution is 7.07. The molecule has 76 valence electrons. The van der Waals surface area contributed by atoms with Crippen LogP contribution in [0.5, 0.6) is 11.5 Å². The van der Waals surface area contributed by atoms with Gasteiger partial charge in [0.25, 0.3) is 0 Å². The fourth-order valence-corrected chi connectivity index (χ4v) is 2.32. The molecule has 1 aromatic heterocycles. The van der Waals surface area contributed by atoms with E-state index < -0.39 is 0 Å². The Balaban J connectivity index is 1.74. The van der Waals surface area contributed by atoms with Crippen molar-refractivity contribution in [1.82, 2.24) is 0 Å². The number of para-hydroxylation sites is 2. The maximum atomic E-state index is 5.66. The average molecular weight is 218 g/mol. The zero-order valence-electron chi connectivity index (χ0n) is 8.05. The van der Waals surface area contributed by atoms with Crippen molar-refractivity contribution in [2.45, 2.75) is 12.7 Å². The smallest absolute Gasteiger partial charge is 0.245 e. The van der Waals surface area contributed by atoms with Crippen LogP contribution in [-0.2, 0) is 6.42 Å². The van der Waals surface area contributed by atoms with Crippen LogP contribution in [0.25, 0.3) is 0 Å². The number of ether oxygens (including phenoxy) is 2. The first-order chi connectivity index (χ1) is 7.42. The van der Waals surface area contributed by atoms with Gasteiger partial charge in [0.1, 0.15) is 0 Å². The Hall–Kier alpha value is -1.48. The monoisotopic (exact) mass is 218 g/mol. The summed E-state index contributed by atoms with van der Waals surface area (Å²) in [6, 6.07) is 9.87. The number of thiophene rings is 1. The molecule has 2 aromatic rings. The predicted octanol–water partition coefficient (Wildman–Crippen LogP) is 3.09. The summed E-state index contributed by atoms with van der Waals surface area (Å²) in [5.41, 5.74) is 1.26. The summed E-state index contributed by atoms with van der Waals surface area (Å²) >= 11 is 1.70. The quantitative estimate of drug-likeness (QED) is 0.771. The van der Waals surface area contributed by atoms with Gasteiger partial charge in [-0.1, -0.05) is 12.1 Å². The predicted molar refractivity (Wildman–Crippen MR) is 59.5 cm³/mol. The van der Waals surface area contributed by atoms with E-state index in [4.69, 9.17) is 9.47 Å². The highest BCUT2D eigenvalue weighted by Gasteiger charge is 2.23. The van der Waals surface area contributed by atoms with Gasteiger partial charge in [-0.15, -0.1) is 0 Å². The third-order valence-corrected chi connectivity index (χ3v) is 3.08. The molecule has 0 radical (unpaired) electrons. The molecular formula is C12H10O2S. The molecular weight excluding hydrogens is 208 g/mol. The SMILES string of the molecule is c1ccc2c(c1)OC(Cc1ccsc1)O2. The molecule has 0 bridgehead atoms. The summed E-state index contributed by atoms with van der Waals surface area (Å²) in [4.78, 5) is 0. The lowest BCUT2D eigenvalue weighted by atomic mass is 10.2. The summed E-state index contributed by atoms with van der Waals surface area (Å²) in [6.45, 7) is 0. The molecule has 3 heteroatoms. The van der Waals surface area contributed by atoms with Crippen molar-refractivity contribution in [1.29, 1.82) is 0 Å². The maximum absolute atomic E-state index is 5.66. The third kappa shape index (κ3) is 1.70. The van der Waals surface area contributed by atoms with Gasteiger partial charge >= 0.3 is 0 Å². The number of hydrogen-bond acceptors (Lipinski definition) is 3. The summed E-state index contributed by atoms with van der Waals surface area (Å²) < 4.78 is 11.3. The number of rotatable bonds is 2. The Kier molecular flexibility index (Phi) is 2.10. The summed E-state index contributed by atoms with van der Waals surface area (Å²) in [6.07, 6.45) is 0.634. The van der Waals surface area contributed by atoms with Gasteiger partial charge in [-0.05, 0) is 34.5 Å². The minimum Gasteiger partial charge on any atom is -0.451 e. The first-order valence-electron chi connectivity index (χ1n) is 4.85. The molecule has 3 rings (SSSR count). The van der Waals surface area contributed by atoms with Crippen LogP contribution in [0.2, 0.25) is 0 Å². The first-order valence-corrected chi connectivity index (χ1v) is 5.79. The Labute approximate surface area is 92.1 Å². The second kappa shape index (κ2) is 3.59. The Morgan fingerprint density at radius 3 is 2.40 bits per heavy atom. The fourth-order valence-electron chi connectivity index (χ4n) is 1.64. The van der Waals surface area contributed by atoms with E-state index in [0.717, 1.165) is 17.9 Å². The van der Waals surface area contributed by atoms with E-state index >= 15 is 0 Å². The molecule has 15 heavy (non-hydrogen) atoms. The second-order valence-electron chi connectivity index (χ2n) is 3.45. The molecule has 0 saturated carbocycles. The van der Waals surface area contributed by atoms with Crippen molar-refractivity contribution in [3.05, 3.63) is 46.7 Å². The molecule has 0 aliphatic carbocycles. The van der Waals surface area contributed by atoms with Crippen LogP contribution < -0.4 is 9.47 Å². The Morgan fingerprint density at radius 1 is 1.07 bits per heavy atom. The van der Waals surface area contributed by atoms with Crippen LogP contribution in [0.15, 0.2) is 41.1 Å². The number of hydrogen-bond donors (Lipinski definition) is 0. The normalized spacial score (nSPS) is 14.4. The van der Waals surface area contributed by atoms with Crippen molar-refractivity contribution >= 4 is 11.3 Å². The van der Waals surface area contributed by atoms with Gasteiger partial charge < -0.3 is 9.47 Å². The second-order valence-corrected chi connectivity index (χ2v) is 4.23. The van der Waals surface area contributed by atoms with E-state index in [9.17, 15) is 0 Å². The number of benzene rings is 1. The fraction of sp³-hybridized carbons (Fsp3) is 0.167. The van der Waals surface area contributed by atoms with Gasteiger partial charge in [-0.3, -0.25) is 0 Å². The number of fused-ring (bicyclic) bond motifs is 1. The molecule has 2 nitrogen and oxygen atoms in total. The maximum Gasteiger partial charge on any atom is 0.245 e. The summed E-state index contributed by atoms with van der Waals surface area (Å²) in [5.74, 6) is 1.69. The average Bonchev–Trinajstić information content (AvgIpc) is 2.86. The van der Waals surface area contributed by atoms with Crippen LogP contribution in [0.4, 0.5) is 0 Å². The van der Waals surface area contributed by atoms with Gasteiger partial charge in [0.05, 0.1) is 0 Å². The molecule has 0 saturated heterocycles. The molecule has 2 heterocycles. The molecule has 1 aromatic carbocycles. The van der Waals surface area contributed by atoms with Crippen molar-refractivity contribution < 1.29 is 9.47 Å². The van der Waals surface area contributed by atoms with Crippen LogP contribution in [0.3, 0.4) is 0 Å². The van der Waals surface area contributed by atoms with E-state index in [0.29, 0.717) is 0 Å². The van der Waals surface area contributed by atoms with Gasteiger partial charge in [0.15, 0.2) is 11.5 Å². The largest absolute Gasteiger partial charge is 0.451 e. The summed E-state index contributed by atoms with van der Waals surface area (Å²) in [7, 11) is 0. The van der Waals surface area contributed by atoms with Crippen LogP contribution >= 0.6 is 11.3 Å². The molecule has 0 fully saturated rings. The van der Waals surface area contributed by atoms with E-state index in [-0.39, 0.29) is 6.29 Å². The first kappa shape index (κ1) is 8.80. The minimum atomic E-state index is -0.169. The van der Waals surface area contributed by atoms with E-state index in [2.05, 4.69) is 16.8 Å². The third-order valence-electron chi connectivity index (χ3n) is 2.35. The van der Waals surface area contributed by atoms with E-state index in [1.807, 2.05) is 24.3 Å². The van der Waals surface area contributed by atoms with E-state index in [1.165, 1.54) is 5.56 Å².